The van der Waals surface area contributed by atoms with Crippen LogP contribution in [0.5, 0.6) is 5.75 Å². The van der Waals surface area contributed by atoms with Gasteiger partial charge in [0.2, 0.25) is 0 Å². The first-order valence-electron chi connectivity index (χ1n) is 11.7. The molecule has 0 spiro atoms. The number of aromatic nitrogens is 1. The van der Waals surface area contributed by atoms with Gasteiger partial charge in [0.15, 0.2) is 5.76 Å². The van der Waals surface area contributed by atoms with Crippen molar-refractivity contribution < 1.29 is 13.9 Å². The van der Waals surface area contributed by atoms with Crippen molar-refractivity contribution in [3.8, 4) is 11.4 Å². The van der Waals surface area contributed by atoms with Gasteiger partial charge in [0.05, 0.1) is 6.21 Å². The van der Waals surface area contributed by atoms with Gasteiger partial charge in [0.25, 0.3) is 0 Å². The molecule has 5 aromatic rings. The number of carbonyl (C=O) groups excluding carboxylic acids is 1. The normalized spacial score (nSPS) is 11.4. The van der Waals surface area contributed by atoms with Gasteiger partial charge in [-0.1, -0.05) is 40.9 Å². The minimum Gasteiger partial charge on any atom is -0.489 e. The number of hydrogen-bond acceptors (Lipinski definition) is 4. The number of ether oxygens (including phenoxy) is 1. The summed E-state index contributed by atoms with van der Waals surface area (Å²) in [4.78, 5) is 12.5. The smallest absolute Gasteiger partial charge is 0.307 e. The van der Waals surface area contributed by atoms with Gasteiger partial charge in [0, 0.05) is 48.7 Å². The first kappa shape index (κ1) is 25.9. The molecular weight excluding hydrogens is 545 g/mol. The Balaban J connectivity index is 1.25. The van der Waals surface area contributed by atoms with E-state index in [-0.39, 0.29) is 5.76 Å². The summed E-state index contributed by atoms with van der Waals surface area (Å²) in [6, 6.07) is 21.9. The predicted octanol–water partition coefficient (Wildman–Crippen LogP) is 8.14. The third-order valence-corrected chi connectivity index (χ3v) is 6.87. The molecule has 2 heterocycles. The average Bonchev–Trinajstić information content (AvgIpc) is 3.43. The molecule has 0 radical (unpaired) electrons. The molecule has 192 valence electrons. The Morgan fingerprint density at radius 1 is 0.974 bits per heavy atom. The standard InChI is InChI=1S/C29H22Cl3N3O3/c1-17-11-21(15-33-34-29(36)28-13-20-12-22(30)5-10-27(20)38-28)18(2)35(17)24-6-8-25(9-7-24)37-16-19-3-4-23(31)14-26(19)32/h3-15H,16H2,1-2H3,(H,34,36)/b33-15+. The van der Waals surface area contributed by atoms with Crippen LogP contribution in [0.2, 0.25) is 15.1 Å². The molecular formula is C29H22Cl3N3O3. The summed E-state index contributed by atoms with van der Waals surface area (Å²) in [5, 5.41) is 6.61. The molecule has 0 fully saturated rings. The molecule has 9 heteroatoms. The van der Waals surface area contributed by atoms with Crippen molar-refractivity contribution in [2.75, 3.05) is 0 Å². The Labute approximate surface area is 234 Å². The first-order chi connectivity index (χ1) is 18.3. The summed E-state index contributed by atoms with van der Waals surface area (Å²) in [5.41, 5.74) is 7.80. The van der Waals surface area contributed by atoms with Crippen molar-refractivity contribution in [1.29, 1.82) is 0 Å². The number of nitrogens with zero attached hydrogens (tertiary/aromatic N) is 2. The van der Waals surface area contributed by atoms with Gasteiger partial charge in [-0.15, -0.1) is 0 Å². The lowest BCUT2D eigenvalue weighted by molar-refractivity contribution is 0.0929. The maximum absolute atomic E-state index is 12.5. The van der Waals surface area contributed by atoms with Crippen molar-refractivity contribution >= 4 is 57.9 Å². The number of benzene rings is 3. The highest BCUT2D eigenvalue weighted by Gasteiger charge is 2.13. The van der Waals surface area contributed by atoms with Gasteiger partial charge >= 0.3 is 5.91 Å². The van der Waals surface area contributed by atoms with Crippen LogP contribution in [0.4, 0.5) is 0 Å². The molecule has 5 rings (SSSR count). The van der Waals surface area contributed by atoms with Crippen LogP contribution in [-0.4, -0.2) is 16.7 Å². The van der Waals surface area contributed by atoms with Crippen molar-refractivity contribution in [3.63, 3.8) is 0 Å². The second-order valence-corrected chi connectivity index (χ2v) is 9.95. The van der Waals surface area contributed by atoms with Gasteiger partial charge in [-0.05, 0) is 80.6 Å². The number of hydrazone groups is 1. The highest BCUT2D eigenvalue weighted by atomic mass is 35.5. The number of carbonyl (C=O) groups is 1. The predicted molar refractivity (Wildman–Crippen MR) is 152 cm³/mol. The number of furan rings is 1. The molecule has 0 saturated carbocycles. The van der Waals surface area contributed by atoms with E-state index in [9.17, 15) is 4.79 Å². The quantitative estimate of drug-likeness (QED) is 0.160. The molecule has 2 aromatic heterocycles. The van der Waals surface area contributed by atoms with Crippen LogP contribution in [0.3, 0.4) is 0 Å². The van der Waals surface area contributed by atoms with E-state index in [1.807, 2.05) is 50.2 Å². The summed E-state index contributed by atoms with van der Waals surface area (Å²) < 4.78 is 13.6. The topological polar surface area (TPSA) is 68.8 Å². The summed E-state index contributed by atoms with van der Waals surface area (Å²) in [7, 11) is 0. The monoisotopic (exact) mass is 565 g/mol. The molecule has 0 atom stereocenters. The molecule has 6 nitrogen and oxygen atoms in total. The summed E-state index contributed by atoms with van der Waals surface area (Å²) in [6.07, 6.45) is 1.61. The number of aryl methyl sites for hydroxylation is 1. The van der Waals surface area contributed by atoms with E-state index in [0.717, 1.165) is 39.3 Å². The lowest BCUT2D eigenvalue weighted by atomic mass is 10.2. The largest absolute Gasteiger partial charge is 0.489 e. The molecule has 0 saturated heterocycles. The summed E-state index contributed by atoms with van der Waals surface area (Å²) in [6.45, 7) is 4.34. The van der Waals surface area contributed by atoms with Crippen LogP contribution in [0.1, 0.15) is 33.1 Å². The Morgan fingerprint density at radius 2 is 1.71 bits per heavy atom. The van der Waals surface area contributed by atoms with Gasteiger partial charge < -0.3 is 13.7 Å². The molecule has 38 heavy (non-hydrogen) atoms. The van der Waals surface area contributed by atoms with E-state index in [4.69, 9.17) is 44.0 Å². The maximum atomic E-state index is 12.5. The Hall–Kier alpha value is -3.71. The Kier molecular flexibility index (Phi) is 7.47. The van der Waals surface area contributed by atoms with Crippen molar-refractivity contribution in [3.05, 3.63) is 116 Å². The second kappa shape index (κ2) is 11.0. The summed E-state index contributed by atoms with van der Waals surface area (Å²) >= 11 is 18.2. The molecule has 0 aliphatic carbocycles. The second-order valence-electron chi connectivity index (χ2n) is 8.67. The van der Waals surface area contributed by atoms with E-state index in [0.29, 0.717) is 27.3 Å². The van der Waals surface area contributed by atoms with Crippen molar-refractivity contribution in [2.24, 2.45) is 5.10 Å². The maximum Gasteiger partial charge on any atom is 0.307 e. The number of rotatable bonds is 7. The fraction of sp³-hybridized carbons (Fsp3) is 0.103. The van der Waals surface area contributed by atoms with Crippen molar-refractivity contribution in [1.82, 2.24) is 9.99 Å². The zero-order chi connectivity index (χ0) is 26.8. The van der Waals surface area contributed by atoms with Crippen LogP contribution in [0.15, 0.2) is 82.3 Å². The van der Waals surface area contributed by atoms with Gasteiger partial charge in [-0.3, -0.25) is 4.79 Å². The van der Waals surface area contributed by atoms with Crippen LogP contribution < -0.4 is 10.2 Å². The van der Waals surface area contributed by atoms with E-state index in [1.165, 1.54) is 0 Å². The molecule has 1 N–H and O–H groups in total. The Morgan fingerprint density at radius 3 is 2.47 bits per heavy atom. The van der Waals surface area contributed by atoms with Gasteiger partial charge in [-0.25, -0.2) is 5.43 Å². The lowest BCUT2D eigenvalue weighted by Crippen LogP contribution is -2.16. The first-order valence-corrected chi connectivity index (χ1v) is 12.8. The third-order valence-electron chi connectivity index (χ3n) is 6.05. The SMILES string of the molecule is Cc1cc(/C=N/NC(=O)c2cc3cc(Cl)ccc3o2)c(C)n1-c1ccc(OCc2ccc(Cl)cc2Cl)cc1. The highest BCUT2D eigenvalue weighted by Crippen LogP contribution is 2.26. The zero-order valence-electron chi connectivity index (χ0n) is 20.5. The number of nitrogens with one attached hydrogen (secondary N) is 1. The minimum absolute atomic E-state index is 0.158. The fourth-order valence-corrected chi connectivity index (χ4v) is 4.79. The summed E-state index contributed by atoms with van der Waals surface area (Å²) in [5.74, 6) is 0.433. The van der Waals surface area contributed by atoms with Crippen LogP contribution in [0, 0.1) is 13.8 Å². The number of amides is 1. The van der Waals surface area contributed by atoms with E-state index < -0.39 is 5.91 Å². The van der Waals surface area contributed by atoms with Crippen LogP contribution in [0.25, 0.3) is 16.7 Å². The molecule has 1 amide bonds. The number of hydrogen-bond donors (Lipinski definition) is 1. The highest BCUT2D eigenvalue weighted by molar-refractivity contribution is 6.35. The molecule has 0 aliphatic heterocycles. The number of halogens is 3. The average molecular weight is 567 g/mol. The van der Waals surface area contributed by atoms with E-state index in [2.05, 4.69) is 15.1 Å². The molecule has 0 aliphatic rings. The Bertz CT molecular complexity index is 1670. The van der Waals surface area contributed by atoms with Crippen LogP contribution >= 0.6 is 34.8 Å². The molecule has 0 unspecified atom stereocenters. The van der Waals surface area contributed by atoms with Gasteiger partial charge in [-0.2, -0.15) is 5.10 Å². The van der Waals surface area contributed by atoms with Crippen LogP contribution in [-0.2, 0) is 6.61 Å². The fourth-order valence-electron chi connectivity index (χ4n) is 4.15. The number of fused-ring (bicyclic) bond motifs is 1. The minimum atomic E-state index is -0.446. The van der Waals surface area contributed by atoms with E-state index >= 15 is 0 Å². The zero-order valence-corrected chi connectivity index (χ0v) is 22.7. The lowest BCUT2D eigenvalue weighted by Gasteiger charge is -2.12. The third kappa shape index (κ3) is 5.58. The molecule has 3 aromatic carbocycles. The molecule has 0 bridgehead atoms. The van der Waals surface area contributed by atoms with Crippen molar-refractivity contribution in [2.45, 2.75) is 20.5 Å². The van der Waals surface area contributed by atoms with E-state index in [1.54, 1.807) is 42.6 Å². The van der Waals surface area contributed by atoms with Gasteiger partial charge in [0.1, 0.15) is 17.9 Å².